The van der Waals surface area contributed by atoms with Crippen LogP contribution in [0.4, 0.5) is 0 Å². The van der Waals surface area contributed by atoms with Crippen LogP contribution in [0.5, 0.6) is 0 Å². The lowest BCUT2D eigenvalue weighted by atomic mass is 10.1. The second-order valence-electron chi connectivity index (χ2n) is 4.93. The minimum absolute atomic E-state index is 0.277. The first kappa shape index (κ1) is 14.0. The average Bonchev–Trinajstić information content (AvgIpc) is 2.87. The Hall–Kier alpha value is -1.37. The van der Waals surface area contributed by atoms with Crippen LogP contribution in [-0.4, -0.2) is 37.1 Å². The van der Waals surface area contributed by atoms with E-state index < -0.39 is 5.91 Å². The maximum absolute atomic E-state index is 11.5. The molecule has 1 aromatic heterocycles. The highest BCUT2D eigenvalue weighted by molar-refractivity contribution is 5.92. The Morgan fingerprint density at radius 1 is 1.58 bits per heavy atom. The fourth-order valence-electron chi connectivity index (χ4n) is 2.38. The molecule has 1 saturated heterocycles. The Morgan fingerprint density at radius 2 is 2.42 bits per heavy atom. The van der Waals surface area contributed by atoms with Crippen molar-refractivity contribution in [1.29, 1.82) is 0 Å². The minimum atomic E-state index is -0.401. The van der Waals surface area contributed by atoms with Gasteiger partial charge in [0.05, 0.1) is 12.4 Å². The summed E-state index contributed by atoms with van der Waals surface area (Å²) >= 11 is 0. The third-order valence-electron chi connectivity index (χ3n) is 3.31. The van der Waals surface area contributed by atoms with Crippen molar-refractivity contribution in [2.45, 2.75) is 31.9 Å². The average molecular weight is 267 g/mol. The second kappa shape index (κ2) is 6.70. The Kier molecular flexibility index (Phi) is 4.95. The summed E-state index contributed by atoms with van der Waals surface area (Å²) in [5.74, 6) is 5.00. The standard InChI is InChI=1S/C13H21N3O3/c1-16(9-11-4-2-3-6-18-11)8-10-5-7-19-12(10)13(17)15-14/h5,7,11H,2-4,6,8-9,14H2,1H3,(H,15,17). The summed E-state index contributed by atoms with van der Waals surface area (Å²) in [6.07, 6.45) is 5.28. The number of nitrogens with two attached hydrogens (primary N) is 1. The molecule has 1 unspecified atom stereocenters. The van der Waals surface area contributed by atoms with Gasteiger partial charge in [0, 0.05) is 25.3 Å². The third-order valence-corrected chi connectivity index (χ3v) is 3.31. The number of nitrogen functional groups attached to an aromatic ring is 1. The fraction of sp³-hybridized carbons (Fsp3) is 0.615. The molecule has 1 fully saturated rings. The number of nitrogens with zero attached hydrogens (tertiary/aromatic N) is 1. The van der Waals surface area contributed by atoms with Gasteiger partial charge in [-0.05, 0) is 32.4 Å². The van der Waals surface area contributed by atoms with Gasteiger partial charge in [0.15, 0.2) is 5.76 Å². The first-order chi connectivity index (χ1) is 9.20. The summed E-state index contributed by atoms with van der Waals surface area (Å²) in [5.41, 5.74) is 2.92. The molecular weight excluding hydrogens is 246 g/mol. The lowest BCUT2D eigenvalue weighted by Gasteiger charge is -2.27. The van der Waals surface area contributed by atoms with Crippen molar-refractivity contribution in [2.75, 3.05) is 20.2 Å². The quantitative estimate of drug-likeness (QED) is 0.470. The first-order valence-corrected chi connectivity index (χ1v) is 6.58. The second-order valence-corrected chi connectivity index (χ2v) is 4.93. The van der Waals surface area contributed by atoms with Gasteiger partial charge in [-0.3, -0.25) is 15.1 Å². The molecule has 0 saturated carbocycles. The molecule has 106 valence electrons. The van der Waals surface area contributed by atoms with Gasteiger partial charge in [0.2, 0.25) is 0 Å². The van der Waals surface area contributed by atoms with Crippen molar-refractivity contribution in [3.63, 3.8) is 0 Å². The van der Waals surface area contributed by atoms with Crippen LogP contribution >= 0.6 is 0 Å². The molecule has 1 aliphatic heterocycles. The van der Waals surface area contributed by atoms with E-state index in [1.54, 1.807) is 6.07 Å². The Labute approximate surface area is 112 Å². The molecule has 2 rings (SSSR count). The molecule has 0 aromatic carbocycles. The summed E-state index contributed by atoms with van der Waals surface area (Å²) in [6, 6.07) is 1.79. The molecule has 0 radical (unpaired) electrons. The predicted molar refractivity (Wildman–Crippen MR) is 70.3 cm³/mol. The number of nitrogens with one attached hydrogen (secondary N) is 1. The summed E-state index contributed by atoms with van der Waals surface area (Å²) < 4.78 is 10.9. The molecule has 0 aliphatic carbocycles. The van der Waals surface area contributed by atoms with Crippen molar-refractivity contribution < 1.29 is 13.9 Å². The third kappa shape index (κ3) is 3.79. The molecule has 1 aromatic rings. The Morgan fingerprint density at radius 3 is 3.11 bits per heavy atom. The number of carbonyl (C=O) groups is 1. The Balaban J connectivity index is 1.89. The van der Waals surface area contributed by atoms with Crippen LogP contribution in [0.3, 0.4) is 0 Å². The van der Waals surface area contributed by atoms with E-state index >= 15 is 0 Å². The van der Waals surface area contributed by atoms with Crippen molar-refractivity contribution >= 4 is 5.91 Å². The smallest absolute Gasteiger partial charge is 0.301 e. The molecule has 1 aliphatic rings. The molecule has 19 heavy (non-hydrogen) atoms. The largest absolute Gasteiger partial charge is 0.459 e. The maximum atomic E-state index is 11.5. The van der Waals surface area contributed by atoms with Crippen LogP contribution in [0.1, 0.15) is 35.4 Å². The topological polar surface area (TPSA) is 80.7 Å². The van der Waals surface area contributed by atoms with Crippen LogP contribution in [0.2, 0.25) is 0 Å². The highest BCUT2D eigenvalue weighted by Crippen LogP contribution is 2.16. The van der Waals surface area contributed by atoms with Gasteiger partial charge in [-0.25, -0.2) is 5.84 Å². The molecule has 1 amide bonds. The summed E-state index contributed by atoms with van der Waals surface area (Å²) in [7, 11) is 2.01. The zero-order chi connectivity index (χ0) is 13.7. The number of ether oxygens (including phenoxy) is 1. The SMILES string of the molecule is CN(Cc1ccoc1C(=O)NN)CC1CCCCO1. The van der Waals surface area contributed by atoms with Gasteiger partial charge in [0.25, 0.3) is 0 Å². The summed E-state index contributed by atoms with van der Waals surface area (Å²) in [4.78, 5) is 13.6. The predicted octanol–water partition coefficient (Wildman–Crippen LogP) is 0.884. The number of carbonyl (C=O) groups excluding carboxylic acids is 1. The van der Waals surface area contributed by atoms with Crippen molar-refractivity contribution in [3.8, 4) is 0 Å². The van der Waals surface area contributed by atoms with Crippen molar-refractivity contribution in [2.24, 2.45) is 5.84 Å². The number of amides is 1. The van der Waals surface area contributed by atoms with E-state index in [-0.39, 0.29) is 11.9 Å². The van der Waals surface area contributed by atoms with E-state index in [4.69, 9.17) is 15.0 Å². The molecule has 0 spiro atoms. The number of likely N-dealkylation sites (N-methyl/N-ethyl adjacent to an activating group) is 1. The summed E-state index contributed by atoms with van der Waals surface area (Å²) in [6.45, 7) is 2.35. The van der Waals surface area contributed by atoms with Gasteiger partial charge < -0.3 is 9.15 Å². The number of hydrogen-bond donors (Lipinski definition) is 2. The van der Waals surface area contributed by atoms with Crippen LogP contribution < -0.4 is 11.3 Å². The van der Waals surface area contributed by atoms with E-state index in [0.717, 1.165) is 31.6 Å². The van der Waals surface area contributed by atoms with Gasteiger partial charge in [-0.2, -0.15) is 0 Å². The molecular formula is C13H21N3O3. The highest BCUT2D eigenvalue weighted by Gasteiger charge is 2.19. The van der Waals surface area contributed by atoms with Gasteiger partial charge in [-0.1, -0.05) is 0 Å². The lowest BCUT2D eigenvalue weighted by molar-refractivity contribution is -0.00264. The molecule has 0 bridgehead atoms. The van der Waals surface area contributed by atoms with Crippen molar-refractivity contribution in [1.82, 2.24) is 10.3 Å². The molecule has 3 N–H and O–H groups in total. The van der Waals surface area contributed by atoms with E-state index in [9.17, 15) is 4.79 Å². The number of rotatable bonds is 5. The monoisotopic (exact) mass is 267 g/mol. The van der Waals surface area contributed by atoms with Gasteiger partial charge in [-0.15, -0.1) is 0 Å². The van der Waals surface area contributed by atoms with E-state index in [0.29, 0.717) is 6.54 Å². The number of furan rings is 1. The van der Waals surface area contributed by atoms with E-state index in [1.807, 2.05) is 7.05 Å². The molecule has 6 heteroatoms. The highest BCUT2D eigenvalue weighted by atomic mass is 16.5. The van der Waals surface area contributed by atoms with Crippen LogP contribution in [0, 0.1) is 0 Å². The fourth-order valence-corrected chi connectivity index (χ4v) is 2.38. The van der Waals surface area contributed by atoms with Crippen LogP contribution in [0.25, 0.3) is 0 Å². The maximum Gasteiger partial charge on any atom is 0.301 e. The minimum Gasteiger partial charge on any atom is -0.459 e. The first-order valence-electron chi connectivity index (χ1n) is 6.58. The molecule has 1 atom stereocenters. The van der Waals surface area contributed by atoms with E-state index in [1.165, 1.54) is 12.7 Å². The Bertz CT molecular complexity index is 413. The molecule has 6 nitrogen and oxygen atoms in total. The number of hydrazine groups is 1. The zero-order valence-electron chi connectivity index (χ0n) is 11.2. The van der Waals surface area contributed by atoms with E-state index in [2.05, 4.69) is 10.3 Å². The van der Waals surface area contributed by atoms with Crippen molar-refractivity contribution in [3.05, 3.63) is 23.7 Å². The van der Waals surface area contributed by atoms with Crippen LogP contribution in [-0.2, 0) is 11.3 Å². The van der Waals surface area contributed by atoms with Gasteiger partial charge in [0.1, 0.15) is 0 Å². The summed E-state index contributed by atoms with van der Waals surface area (Å²) in [5, 5.41) is 0. The lowest BCUT2D eigenvalue weighted by Crippen LogP contribution is -2.34. The normalized spacial score (nSPS) is 19.6. The van der Waals surface area contributed by atoms with Gasteiger partial charge >= 0.3 is 5.91 Å². The number of hydrogen-bond acceptors (Lipinski definition) is 5. The zero-order valence-corrected chi connectivity index (χ0v) is 11.2. The van der Waals surface area contributed by atoms with Crippen LogP contribution in [0.15, 0.2) is 16.7 Å². The molecule has 2 heterocycles.